The largest absolute Gasteiger partial charge is 0.459 e. The van der Waals surface area contributed by atoms with E-state index in [0.717, 1.165) is 17.7 Å². The quantitative estimate of drug-likeness (QED) is 0.915. The van der Waals surface area contributed by atoms with Gasteiger partial charge in [0.15, 0.2) is 5.76 Å². The fraction of sp³-hybridized carbons (Fsp3) is 0.214. The number of hydrogen-bond acceptors (Lipinski definition) is 3. The second-order valence-electron chi connectivity index (χ2n) is 4.30. The molecule has 0 fully saturated rings. The molecule has 0 saturated carbocycles. The fourth-order valence-electron chi connectivity index (χ4n) is 2.17. The van der Waals surface area contributed by atoms with Crippen LogP contribution >= 0.6 is 11.8 Å². The predicted octanol–water partition coefficient (Wildman–Crippen LogP) is 3.39. The van der Waals surface area contributed by atoms with E-state index < -0.39 is 0 Å². The Morgan fingerprint density at radius 2 is 2.26 bits per heavy atom. The van der Waals surface area contributed by atoms with Crippen molar-refractivity contribution in [1.82, 2.24) is 5.32 Å². The molecule has 5 heteroatoms. The van der Waals surface area contributed by atoms with Crippen LogP contribution in [0.2, 0.25) is 0 Å². The zero-order valence-electron chi connectivity index (χ0n) is 10.1. The Morgan fingerprint density at radius 3 is 3.05 bits per heavy atom. The number of halogens is 1. The number of carbonyl (C=O) groups excluding carboxylic acids is 1. The highest BCUT2D eigenvalue weighted by molar-refractivity contribution is 7.99. The van der Waals surface area contributed by atoms with Gasteiger partial charge in [-0.15, -0.1) is 11.8 Å². The van der Waals surface area contributed by atoms with Gasteiger partial charge in [0, 0.05) is 10.6 Å². The molecule has 3 rings (SSSR count). The highest BCUT2D eigenvalue weighted by Gasteiger charge is 2.25. The van der Waals surface area contributed by atoms with Crippen LogP contribution in [0.1, 0.15) is 28.6 Å². The van der Waals surface area contributed by atoms with Crippen LogP contribution in [0.3, 0.4) is 0 Å². The summed E-state index contributed by atoms with van der Waals surface area (Å²) in [6.07, 6.45) is 2.24. The van der Waals surface area contributed by atoms with Gasteiger partial charge in [-0.1, -0.05) is 12.1 Å². The molecule has 2 heterocycles. The number of nitrogens with one attached hydrogen (secondary N) is 1. The van der Waals surface area contributed by atoms with Gasteiger partial charge in [0.1, 0.15) is 5.82 Å². The van der Waals surface area contributed by atoms with Crippen LogP contribution in [0.4, 0.5) is 4.39 Å². The lowest BCUT2D eigenvalue weighted by atomic mass is 10.0. The van der Waals surface area contributed by atoms with E-state index >= 15 is 0 Å². The van der Waals surface area contributed by atoms with E-state index in [1.54, 1.807) is 18.2 Å². The van der Waals surface area contributed by atoms with E-state index in [2.05, 4.69) is 5.32 Å². The van der Waals surface area contributed by atoms with Crippen molar-refractivity contribution in [3.05, 3.63) is 53.7 Å². The highest BCUT2D eigenvalue weighted by Crippen LogP contribution is 2.37. The van der Waals surface area contributed by atoms with Crippen molar-refractivity contribution >= 4 is 17.7 Å². The third kappa shape index (κ3) is 2.38. The smallest absolute Gasteiger partial charge is 0.287 e. The molecule has 0 spiro atoms. The Labute approximate surface area is 114 Å². The Kier molecular flexibility index (Phi) is 3.29. The highest BCUT2D eigenvalue weighted by atomic mass is 32.2. The molecular weight excluding hydrogens is 265 g/mol. The SMILES string of the molecule is O=C(NC1CCSc2c(F)cccc21)c1ccco1. The summed E-state index contributed by atoms with van der Waals surface area (Å²) in [6.45, 7) is 0. The summed E-state index contributed by atoms with van der Waals surface area (Å²) >= 11 is 1.49. The molecule has 1 aliphatic heterocycles. The molecule has 19 heavy (non-hydrogen) atoms. The van der Waals surface area contributed by atoms with Gasteiger partial charge in [-0.3, -0.25) is 4.79 Å². The molecule has 0 radical (unpaired) electrons. The fourth-order valence-corrected chi connectivity index (χ4v) is 3.31. The van der Waals surface area contributed by atoms with Crippen molar-refractivity contribution in [3.63, 3.8) is 0 Å². The zero-order chi connectivity index (χ0) is 13.2. The van der Waals surface area contributed by atoms with Gasteiger partial charge in [0.05, 0.1) is 12.3 Å². The van der Waals surface area contributed by atoms with E-state index in [4.69, 9.17) is 4.42 Å². The number of benzene rings is 1. The number of furan rings is 1. The number of fused-ring (bicyclic) bond motifs is 1. The van der Waals surface area contributed by atoms with Crippen molar-refractivity contribution in [3.8, 4) is 0 Å². The summed E-state index contributed by atoms with van der Waals surface area (Å²) in [5, 5.41) is 2.89. The molecule has 1 amide bonds. The monoisotopic (exact) mass is 277 g/mol. The summed E-state index contributed by atoms with van der Waals surface area (Å²) in [4.78, 5) is 12.6. The van der Waals surface area contributed by atoms with Crippen molar-refractivity contribution in [2.75, 3.05) is 5.75 Å². The molecule has 1 unspecified atom stereocenters. The summed E-state index contributed by atoms with van der Waals surface area (Å²) in [7, 11) is 0. The molecule has 1 N–H and O–H groups in total. The van der Waals surface area contributed by atoms with Crippen LogP contribution in [0, 0.1) is 5.82 Å². The van der Waals surface area contributed by atoms with Gasteiger partial charge in [-0.25, -0.2) is 4.39 Å². The predicted molar refractivity (Wildman–Crippen MR) is 70.7 cm³/mol. The van der Waals surface area contributed by atoms with Gasteiger partial charge < -0.3 is 9.73 Å². The average Bonchev–Trinajstić information content (AvgIpc) is 2.94. The number of hydrogen-bond donors (Lipinski definition) is 1. The number of amides is 1. The first-order chi connectivity index (χ1) is 9.25. The van der Waals surface area contributed by atoms with E-state index in [0.29, 0.717) is 4.90 Å². The minimum absolute atomic E-state index is 0.162. The van der Waals surface area contributed by atoms with Crippen LogP contribution < -0.4 is 5.32 Å². The second kappa shape index (κ2) is 5.09. The Balaban J connectivity index is 1.84. The maximum absolute atomic E-state index is 13.7. The lowest BCUT2D eigenvalue weighted by Crippen LogP contribution is -2.30. The molecule has 2 aromatic rings. The Hall–Kier alpha value is -1.75. The van der Waals surface area contributed by atoms with Crippen LogP contribution in [-0.4, -0.2) is 11.7 Å². The number of thioether (sulfide) groups is 1. The van der Waals surface area contributed by atoms with Crippen molar-refractivity contribution in [2.24, 2.45) is 0 Å². The van der Waals surface area contributed by atoms with Gasteiger partial charge >= 0.3 is 0 Å². The molecule has 1 atom stereocenters. The Bertz CT molecular complexity index is 597. The molecule has 1 aliphatic rings. The van der Waals surface area contributed by atoms with Crippen LogP contribution in [0.5, 0.6) is 0 Å². The van der Waals surface area contributed by atoms with E-state index in [1.807, 2.05) is 6.07 Å². The summed E-state index contributed by atoms with van der Waals surface area (Å²) in [5.74, 6) is 0.574. The minimum atomic E-state index is -0.267. The third-order valence-corrected chi connectivity index (χ3v) is 4.24. The average molecular weight is 277 g/mol. The molecular formula is C14H12FNO2S. The first kappa shape index (κ1) is 12.3. The minimum Gasteiger partial charge on any atom is -0.459 e. The third-order valence-electron chi connectivity index (χ3n) is 3.08. The molecule has 0 saturated heterocycles. The first-order valence-electron chi connectivity index (χ1n) is 6.01. The lowest BCUT2D eigenvalue weighted by Gasteiger charge is -2.25. The van der Waals surface area contributed by atoms with Crippen LogP contribution in [0.15, 0.2) is 45.9 Å². The molecule has 98 valence electrons. The number of rotatable bonds is 2. The van der Waals surface area contributed by atoms with E-state index in [9.17, 15) is 9.18 Å². The van der Waals surface area contributed by atoms with Gasteiger partial charge in [-0.2, -0.15) is 0 Å². The summed E-state index contributed by atoms with van der Waals surface area (Å²) in [6, 6.07) is 8.09. The van der Waals surface area contributed by atoms with Crippen molar-refractivity contribution in [2.45, 2.75) is 17.4 Å². The molecule has 0 bridgehead atoms. The topological polar surface area (TPSA) is 42.2 Å². The van der Waals surface area contributed by atoms with Gasteiger partial charge in [0.25, 0.3) is 5.91 Å². The van der Waals surface area contributed by atoms with Gasteiger partial charge in [-0.05, 0) is 30.2 Å². The Morgan fingerprint density at radius 1 is 1.37 bits per heavy atom. The molecule has 1 aromatic carbocycles. The van der Waals surface area contributed by atoms with E-state index in [-0.39, 0.29) is 23.5 Å². The molecule has 1 aromatic heterocycles. The summed E-state index contributed by atoms with van der Waals surface area (Å²) in [5.41, 5.74) is 0.844. The zero-order valence-corrected chi connectivity index (χ0v) is 10.9. The van der Waals surface area contributed by atoms with Crippen LogP contribution in [-0.2, 0) is 0 Å². The summed E-state index contributed by atoms with van der Waals surface area (Å²) < 4.78 is 18.8. The maximum Gasteiger partial charge on any atom is 0.287 e. The second-order valence-corrected chi connectivity index (χ2v) is 5.40. The van der Waals surface area contributed by atoms with Crippen molar-refractivity contribution in [1.29, 1.82) is 0 Å². The lowest BCUT2D eigenvalue weighted by molar-refractivity contribution is 0.0906. The maximum atomic E-state index is 13.7. The van der Waals surface area contributed by atoms with Crippen molar-refractivity contribution < 1.29 is 13.6 Å². The van der Waals surface area contributed by atoms with E-state index in [1.165, 1.54) is 24.1 Å². The van der Waals surface area contributed by atoms with Crippen LogP contribution in [0.25, 0.3) is 0 Å². The number of carbonyl (C=O) groups is 1. The molecule has 3 nitrogen and oxygen atoms in total. The van der Waals surface area contributed by atoms with Gasteiger partial charge in [0.2, 0.25) is 0 Å². The normalized spacial score (nSPS) is 17.8. The first-order valence-corrected chi connectivity index (χ1v) is 7.00. The standard InChI is InChI=1S/C14H12FNO2S/c15-10-4-1-3-9-11(6-8-19-13(9)10)16-14(17)12-5-2-7-18-12/h1-5,7,11H,6,8H2,(H,16,17). The molecule has 0 aliphatic carbocycles.